The Bertz CT molecular complexity index is 262. The largest absolute Gasteiger partial charge is 0.462 e. The monoisotopic (exact) mass is 255 g/mol. The van der Waals surface area contributed by atoms with Crippen molar-refractivity contribution in [3.05, 3.63) is 11.6 Å². The zero-order valence-corrected chi connectivity index (χ0v) is 12.8. The van der Waals surface area contributed by atoms with Crippen LogP contribution in [0.1, 0.15) is 54.4 Å². The van der Waals surface area contributed by atoms with Gasteiger partial charge in [-0.25, -0.2) is 4.79 Å². The molecule has 0 aromatic rings. The van der Waals surface area contributed by atoms with E-state index in [0.29, 0.717) is 18.7 Å². The summed E-state index contributed by atoms with van der Waals surface area (Å²) in [5, 5.41) is 0. The Morgan fingerprint density at radius 2 is 1.78 bits per heavy atom. The zero-order chi connectivity index (χ0) is 14.1. The zero-order valence-electron chi connectivity index (χ0n) is 12.8. The molecule has 0 radical (unpaired) electrons. The Balaban J connectivity index is 4.16. The quantitative estimate of drug-likeness (QED) is 0.492. The normalized spacial score (nSPS) is 12.6. The molecular weight excluding hydrogens is 226 g/mol. The van der Waals surface area contributed by atoms with Gasteiger partial charge in [0.1, 0.15) is 0 Å². The predicted molar refractivity (Wildman–Crippen MR) is 76.6 cm³/mol. The predicted octanol–water partition coefficient (Wildman–Crippen LogP) is 3.39. The highest BCUT2D eigenvalue weighted by atomic mass is 16.5. The molecule has 0 unspecified atom stereocenters. The topological polar surface area (TPSA) is 29.5 Å². The van der Waals surface area contributed by atoms with Gasteiger partial charge in [-0.1, -0.05) is 13.0 Å². The molecule has 0 aromatic carbocycles. The Labute approximate surface area is 112 Å². The number of esters is 1. The summed E-state index contributed by atoms with van der Waals surface area (Å²) in [7, 11) is 0. The average molecular weight is 255 g/mol. The van der Waals surface area contributed by atoms with E-state index in [9.17, 15) is 4.79 Å². The van der Waals surface area contributed by atoms with Crippen molar-refractivity contribution >= 4 is 5.97 Å². The molecule has 0 aliphatic heterocycles. The molecule has 0 N–H and O–H groups in total. The first kappa shape index (κ1) is 17.2. The third-order valence-corrected chi connectivity index (χ3v) is 2.92. The first-order chi connectivity index (χ1) is 8.40. The minimum Gasteiger partial charge on any atom is -0.462 e. The fraction of sp³-hybridized carbons (Fsp3) is 0.800. The number of hydrogen-bond acceptors (Lipinski definition) is 3. The highest BCUT2D eigenvalue weighted by Gasteiger charge is 2.12. The molecule has 0 saturated heterocycles. The lowest BCUT2D eigenvalue weighted by Gasteiger charge is -2.30. The van der Waals surface area contributed by atoms with E-state index in [0.717, 1.165) is 25.0 Å². The van der Waals surface area contributed by atoms with Gasteiger partial charge in [-0.15, -0.1) is 0 Å². The van der Waals surface area contributed by atoms with E-state index in [1.807, 2.05) is 19.9 Å². The third kappa shape index (κ3) is 6.80. The van der Waals surface area contributed by atoms with Gasteiger partial charge in [0.05, 0.1) is 6.61 Å². The maximum Gasteiger partial charge on any atom is 0.333 e. The summed E-state index contributed by atoms with van der Waals surface area (Å²) >= 11 is 0. The molecule has 0 fully saturated rings. The molecule has 0 spiro atoms. The Hall–Kier alpha value is -0.830. The second kappa shape index (κ2) is 9.15. The van der Waals surface area contributed by atoms with Crippen LogP contribution in [0.4, 0.5) is 0 Å². The molecule has 3 nitrogen and oxygen atoms in total. The van der Waals surface area contributed by atoms with Crippen LogP contribution in [0.3, 0.4) is 0 Å². The van der Waals surface area contributed by atoms with E-state index in [1.54, 1.807) is 0 Å². The van der Waals surface area contributed by atoms with Crippen LogP contribution in [0.15, 0.2) is 11.6 Å². The maximum absolute atomic E-state index is 11.5. The molecule has 0 heterocycles. The fourth-order valence-corrected chi connectivity index (χ4v) is 1.93. The summed E-state index contributed by atoms with van der Waals surface area (Å²) in [5.41, 5.74) is 0.718. The molecule has 18 heavy (non-hydrogen) atoms. The first-order valence-electron chi connectivity index (χ1n) is 6.99. The summed E-state index contributed by atoms with van der Waals surface area (Å²) < 4.78 is 5.08. The van der Waals surface area contributed by atoms with Gasteiger partial charge in [0, 0.05) is 24.2 Å². The van der Waals surface area contributed by atoms with Gasteiger partial charge >= 0.3 is 5.97 Å². The number of hydrogen-bond donors (Lipinski definition) is 0. The number of nitrogens with zero attached hydrogens (tertiary/aromatic N) is 1. The highest BCUT2D eigenvalue weighted by Crippen LogP contribution is 2.07. The summed E-state index contributed by atoms with van der Waals surface area (Å²) in [5.74, 6) is -0.183. The van der Waals surface area contributed by atoms with Crippen LogP contribution in [0.2, 0.25) is 0 Å². The first-order valence-corrected chi connectivity index (χ1v) is 6.99. The SMILES string of the molecule is CCCOC(=O)C(C)=CCCN(C(C)C)C(C)C. The molecule has 3 heteroatoms. The van der Waals surface area contributed by atoms with Crippen molar-refractivity contribution in [2.45, 2.75) is 66.5 Å². The molecule has 0 bridgehead atoms. The molecule has 0 aliphatic carbocycles. The maximum atomic E-state index is 11.5. The molecule has 0 rings (SSSR count). The Kier molecular flexibility index (Phi) is 8.73. The van der Waals surface area contributed by atoms with Gasteiger partial charge in [-0.05, 0) is 47.5 Å². The van der Waals surface area contributed by atoms with E-state index >= 15 is 0 Å². The molecule has 0 saturated carbocycles. The highest BCUT2D eigenvalue weighted by molar-refractivity contribution is 5.87. The summed E-state index contributed by atoms with van der Waals surface area (Å²) in [6, 6.07) is 1.07. The number of carbonyl (C=O) groups is 1. The van der Waals surface area contributed by atoms with Gasteiger partial charge in [-0.3, -0.25) is 4.90 Å². The van der Waals surface area contributed by atoms with Gasteiger partial charge < -0.3 is 4.74 Å². The van der Waals surface area contributed by atoms with Gasteiger partial charge in [0.25, 0.3) is 0 Å². The van der Waals surface area contributed by atoms with Crippen LogP contribution in [-0.4, -0.2) is 36.1 Å². The molecule has 0 amide bonds. The third-order valence-electron chi connectivity index (χ3n) is 2.92. The van der Waals surface area contributed by atoms with Crippen molar-refractivity contribution in [2.75, 3.05) is 13.2 Å². The lowest BCUT2D eigenvalue weighted by molar-refractivity contribution is -0.139. The minimum absolute atomic E-state index is 0.183. The van der Waals surface area contributed by atoms with E-state index in [4.69, 9.17) is 4.74 Å². The number of ether oxygens (including phenoxy) is 1. The minimum atomic E-state index is -0.183. The molecule has 106 valence electrons. The van der Waals surface area contributed by atoms with Crippen molar-refractivity contribution in [2.24, 2.45) is 0 Å². The summed E-state index contributed by atoms with van der Waals surface area (Å²) in [4.78, 5) is 14.0. The Morgan fingerprint density at radius 1 is 1.22 bits per heavy atom. The second-order valence-corrected chi connectivity index (χ2v) is 5.24. The lowest BCUT2D eigenvalue weighted by Crippen LogP contribution is -2.37. The van der Waals surface area contributed by atoms with E-state index < -0.39 is 0 Å². The number of carbonyl (C=O) groups excluding carboxylic acids is 1. The molecule has 0 atom stereocenters. The van der Waals surface area contributed by atoms with Crippen molar-refractivity contribution in [1.29, 1.82) is 0 Å². The van der Waals surface area contributed by atoms with Crippen molar-refractivity contribution in [3.8, 4) is 0 Å². The van der Waals surface area contributed by atoms with Crippen LogP contribution in [0.25, 0.3) is 0 Å². The van der Waals surface area contributed by atoms with Crippen molar-refractivity contribution < 1.29 is 9.53 Å². The lowest BCUT2D eigenvalue weighted by atomic mass is 10.2. The van der Waals surface area contributed by atoms with Crippen LogP contribution >= 0.6 is 0 Å². The van der Waals surface area contributed by atoms with Crippen LogP contribution < -0.4 is 0 Å². The fourth-order valence-electron chi connectivity index (χ4n) is 1.93. The molecule has 0 aromatic heterocycles. The van der Waals surface area contributed by atoms with Crippen molar-refractivity contribution in [3.63, 3.8) is 0 Å². The van der Waals surface area contributed by atoms with Gasteiger partial charge in [0.2, 0.25) is 0 Å². The van der Waals surface area contributed by atoms with E-state index in [1.165, 1.54) is 0 Å². The molecule has 0 aliphatic rings. The average Bonchev–Trinajstić information content (AvgIpc) is 2.30. The van der Waals surface area contributed by atoms with Crippen LogP contribution in [0.5, 0.6) is 0 Å². The van der Waals surface area contributed by atoms with Crippen LogP contribution in [-0.2, 0) is 9.53 Å². The van der Waals surface area contributed by atoms with E-state index in [-0.39, 0.29) is 5.97 Å². The van der Waals surface area contributed by atoms with Crippen LogP contribution in [0, 0.1) is 0 Å². The van der Waals surface area contributed by atoms with Gasteiger partial charge in [0.15, 0.2) is 0 Å². The van der Waals surface area contributed by atoms with Gasteiger partial charge in [-0.2, -0.15) is 0 Å². The Morgan fingerprint density at radius 3 is 2.22 bits per heavy atom. The summed E-state index contributed by atoms with van der Waals surface area (Å²) in [6.45, 7) is 14.1. The summed E-state index contributed by atoms with van der Waals surface area (Å²) in [6.07, 6.45) is 3.74. The molecular formula is C15H29NO2. The van der Waals surface area contributed by atoms with Crippen molar-refractivity contribution in [1.82, 2.24) is 4.90 Å². The van der Waals surface area contributed by atoms with E-state index in [2.05, 4.69) is 32.6 Å². The smallest absolute Gasteiger partial charge is 0.333 e. The second-order valence-electron chi connectivity index (χ2n) is 5.24. The standard InChI is InChI=1S/C15H29NO2/c1-7-11-18-15(17)14(6)9-8-10-16(12(2)3)13(4)5/h9,12-13H,7-8,10-11H2,1-6H3. The number of rotatable bonds is 8.